The minimum Gasteiger partial charge on any atom is -0.300 e. The average Bonchev–Trinajstić information content (AvgIpc) is 2.26. The molecule has 3 nitrogen and oxygen atoms in total. The lowest BCUT2D eigenvalue weighted by molar-refractivity contribution is 0.632. The molecule has 0 aliphatic carbocycles. The van der Waals surface area contributed by atoms with Crippen LogP contribution < -0.4 is 5.56 Å². The van der Waals surface area contributed by atoms with E-state index in [0.29, 0.717) is 0 Å². The van der Waals surface area contributed by atoms with Gasteiger partial charge in [0.1, 0.15) is 0 Å². The summed E-state index contributed by atoms with van der Waals surface area (Å²) in [5.74, 6) is 0. The Bertz CT molecular complexity index is 296. The van der Waals surface area contributed by atoms with Crippen molar-refractivity contribution in [3.05, 3.63) is 21.6 Å². The van der Waals surface area contributed by atoms with Crippen LogP contribution in [0.1, 0.15) is 25.1 Å². The fourth-order valence-electron chi connectivity index (χ4n) is 1.28. The second-order valence-corrected chi connectivity index (χ2v) is 2.62. The number of H-pyrrole nitrogens is 1. The molecule has 0 spiro atoms. The first kappa shape index (κ1) is 8.11. The van der Waals surface area contributed by atoms with Gasteiger partial charge in [-0.05, 0) is 20.3 Å². The van der Waals surface area contributed by atoms with E-state index in [9.17, 15) is 4.79 Å². The molecule has 1 N–H and O–H groups in total. The van der Waals surface area contributed by atoms with Crippen LogP contribution in [0.4, 0.5) is 0 Å². The van der Waals surface area contributed by atoms with E-state index < -0.39 is 0 Å². The number of aromatic nitrogens is 2. The largest absolute Gasteiger partial charge is 0.300 e. The molecule has 11 heavy (non-hydrogen) atoms. The smallest absolute Gasteiger partial charge is 0.269 e. The number of rotatable bonds is 2. The molecule has 0 aromatic carbocycles. The van der Waals surface area contributed by atoms with Crippen LogP contribution in [0.15, 0.2) is 4.79 Å². The van der Waals surface area contributed by atoms with Gasteiger partial charge in [0.05, 0.1) is 0 Å². The lowest BCUT2D eigenvalue weighted by Crippen LogP contribution is -2.17. The summed E-state index contributed by atoms with van der Waals surface area (Å²) in [4.78, 5) is 11.4. The molecule has 0 aliphatic heterocycles. The SMILES string of the molecule is CCc1c(C)[nH]n(CC)c1=O. The van der Waals surface area contributed by atoms with Gasteiger partial charge in [-0.1, -0.05) is 6.92 Å². The highest BCUT2D eigenvalue weighted by molar-refractivity contribution is 5.15. The van der Waals surface area contributed by atoms with Gasteiger partial charge >= 0.3 is 0 Å². The van der Waals surface area contributed by atoms with Gasteiger partial charge in [0.2, 0.25) is 0 Å². The van der Waals surface area contributed by atoms with Crippen molar-refractivity contribution in [1.29, 1.82) is 0 Å². The number of nitrogens with zero attached hydrogens (tertiary/aromatic N) is 1. The molecule has 0 atom stereocenters. The molecule has 3 heteroatoms. The molecule has 1 rings (SSSR count). The fraction of sp³-hybridized carbons (Fsp3) is 0.625. The number of hydrogen-bond acceptors (Lipinski definition) is 1. The standard InChI is InChI=1S/C8H14N2O/c1-4-7-6(3)9-10(5-2)8(7)11/h9H,4-5H2,1-3H3. The first-order valence-electron chi connectivity index (χ1n) is 3.99. The van der Waals surface area contributed by atoms with E-state index in [4.69, 9.17) is 0 Å². The number of nitrogens with one attached hydrogen (secondary N) is 1. The summed E-state index contributed by atoms with van der Waals surface area (Å²) in [6.07, 6.45) is 0.814. The zero-order chi connectivity index (χ0) is 8.43. The summed E-state index contributed by atoms with van der Waals surface area (Å²) >= 11 is 0. The van der Waals surface area contributed by atoms with Gasteiger partial charge in [-0.3, -0.25) is 14.6 Å². The minimum absolute atomic E-state index is 0.132. The van der Waals surface area contributed by atoms with Crippen LogP contribution in [0.3, 0.4) is 0 Å². The highest BCUT2D eigenvalue weighted by Gasteiger charge is 2.06. The van der Waals surface area contributed by atoms with Crippen molar-refractivity contribution >= 4 is 0 Å². The van der Waals surface area contributed by atoms with E-state index in [1.54, 1.807) is 4.68 Å². The van der Waals surface area contributed by atoms with Gasteiger partial charge in [-0.2, -0.15) is 0 Å². The maximum atomic E-state index is 11.4. The zero-order valence-electron chi connectivity index (χ0n) is 7.27. The summed E-state index contributed by atoms with van der Waals surface area (Å²) in [6, 6.07) is 0. The van der Waals surface area contributed by atoms with E-state index in [0.717, 1.165) is 24.2 Å². The Morgan fingerprint density at radius 1 is 1.45 bits per heavy atom. The number of aromatic amines is 1. The van der Waals surface area contributed by atoms with Crippen LogP contribution in [-0.4, -0.2) is 9.78 Å². The van der Waals surface area contributed by atoms with Crippen LogP contribution in [-0.2, 0) is 13.0 Å². The van der Waals surface area contributed by atoms with E-state index >= 15 is 0 Å². The third-order valence-electron chi connectivity index (χ3n) is 1.93. The minimum atomic E-state index is 0.132. The molecule has 1 aromatic rings. The lowest BCUT2D eigenvalue weighted by Gasteiger charge is -1.91. The van der Waals surface area contributed by atoms with Crippen molar-refractivity contribution in [2.24, 2.45) is 0 Å². The van der Waals surface area contributed by atoms with Crippen molar-refractivity contribution in [3.63, 3.8) is 0 Å². The van der Waals surface area contributed by atoms with Crippen molar-refractivity contribution in [2.75, 3.05) is 0 Å². The van der Waals surface area contributed by atoms with Crippen LogP contribution >= 0.6 is 0 Å². The number of hydrogen-bond donors (Lipinski definition) is 1. The van der Waals surface area contributed by atoms with E-state index in [-0.39, 0.29) is 5.56 Å². The molecule has 0 bridgehead atoms. The normalized spacial score (nSPS) is 10.5. The third-order valence-corrected chi connectivity index (χ3v) is 1.93. The average molecular weight is 154 g/mol. The Labute approximate surface area is 66.0 Å². The van der Waals surface area contributed by atoms with Crippen LogP contribution in [0.25, 0.3) is 0 Å². The molecule has 62 valence electrons. The number of aryl methyl sites for hydroxylation is 2. The predicted octanol–water partition coefficient (Wildman–Crippen LogP) is 1.07. The molecule has 0 aliphatic rings. The van der Waals surface area contributed by atoms with Crippen LogP contribution in [0, 0.1) is 6.92 Å². The van der Waals surface area contributed by atoms with Gasteiger partial charge in [0.25, 0.3) is 5.56 Å². The van der Waals surface area contributed by atoms with Gasteiger partial charge < -0.3 is 0 Å². The molecule has 1 heterocycles. The molecular formula is C8H14N2O. The van der Waals surface area contributed by atoms with E-state index in [1.807, 2.05) is 20.8 Å². The Morgan fingerprint density at radius 3 is 2.36 bits per heavy atom. The third kappa shape index (κ3) is 1.23. The highest BCUT2D eigenvalue weighted by Crippen LogP contribution is 1.98. The summed E-state index contributed by atoms with van der Waals surface area (Å²) in [5, 5.41) is 3.02. The first-order chi connectivity index (χ1) is 5.20. The molecule has 0 unspecified atom stereocenters. The van der Waals surface area contributed by atoms with Crippen molar-refractivity contribution in [2.45, 2.75) is 33.7 Å². The van der Waals surface area contributed by atoms with Crippen molar-refractivity contribution in [3.8, 4) is 0 Å². The summed E-state index contributed by atoms with van der Waals surface area (Å²) in [6.45, 7) is 6.61. The second kappa shape index (κ2) is 2.95. The molecule has 1 aromatic heterocycles. The van der Waals surface area contributed by atoms with Crippen LogP contribution in [0.2, 0.25) is 0 Å². The monoisotopic (exact) mass is 154 g/mol. The molecular weight excluding hydrogens is 140 g/mol. The Hall–Kier alpha value is -0.990. The molecule has 0 radical (unpaired) electrons. The molecule has 0 saturated carbocycles. The summed E-state index contributed by atoms with van der Waals surface area (Å²) in [5.41, 5.74) is 2.04. The molecule has 0 saturated heterocycles. The quantitative estimate of drug-likeness (QED) is 0.679. The maximum absolute atomic E-state index is 11.4. The summed E-state index contributed by atoms with van der Waals surface area (Å²) < 4.78 is 1.63. The van der Waals surface area contributed by atoms with Gasteiger partial charge in [-0.15, -0.1) is 0 Å². The maximum Gasteiger partial charge on any atom is 0.269 e. The first-order valence-corrected chi connectivity index (χ1v) is 3.99. The van der Waals surface area contributed by atoms with Crippen LogP contribution in [0.5, 0.6) is 0 Å². The van der Waals surface area contributed by atoms with E-state index in [2.05, 4.69) is 5.10 Å². The van der Waals surface area contributed by atoms with E-state index in [1.165, 1.54) is 0 Å². The predicted molar refractivity (Wildman–Crippen MR) is 44.8 cm³/mol. The molecule has 0 fully saturated rings. The van der Waals surface area contributed by atoms with Gasteiger partial charge in [0, 0.05) is 17.8 Å². The zero-order valence-corrected chi connectivity index (χ0v) is 7.27. The van der Waals surface area contributed by atoms with Crippen molar-refractivity contribution in [1.82, 2.24) is 9.78 Å². The Balaban J connectivity index is 3.25. The second-order valence-electron chi connectivity index (χ2n) is 2.62. The topological polar surface area (TPSA) is 37.8 Å². The fourth-order valence-corrected chi connectivity index (χ4v) is 1.28. The van der Waals surface area contributed by atoms with Gasteiger partial charge in [-0.25, -0.2) is 0 Å². The Kier molecular flexibility index (Phi) is 2.17. The van der Waals surface area contributed by atoms with Crippen molar-refractivity contribution < 1.29 is 0 Å². The lowest BCUT2D eigenvalue weighted by atomic mass is 10.2. The highest BCUT2D eigenvalue weighted by atomic mass is 16.1. The summed E-state index contributed by atoms with van der Waals surface area (Å²) in [7, 11) is 0. The molecule has 0 amide bonds. The Morgan fingerprint density at radius 2 is 2.09 bits per heavy atom. The van der Waals surface area contributed by atoms with Gasteiger partial charge in [0.15, 0.2) is 0 Å².